The van der Waals surface area contributed by atoms with Crippen LogP contribution in [0.2, 0.25) is 0 Å². The average Bonchev–Trinajstić information content (AvgIpc) is 3.11. The van der Waals surface area contributed by atoms with Crippen LogP contribution in [0.4, 0.5) is 4.79 Å². The van der Waals surface area contributed by atoms with Gasteiger partial charge in [-0.25, -0.2) is 9.78 Å². The van der Waals surface area contributed by atoms with Gasteiger partial charge >= 0.3 is 6.03 Å². The van der Waals surface area contributed by atoms with Crippen molar-refractivity contribution in [2.24, 2.45) is 5.92 Å². The predicted octanol–water partition coefficient (Wildman–Crippen LogP) is 2.43. The third-order valence-electron chi connectivity index (χ3n) is 4.75. The van der Waals surface area contributed by atoms with E-state index in [9.17, 15) is 4.79 Å². The minimum Gasteiger partial charge on any atom is -0.451 e. The van der Waals surface area contributed by atoms with Gasteiger partial charge in [-0.1, -0.05) is 6.92 Å². The van der Waals surface area contributed by atoms with Crippen molar-refractivity contribution in [3.8, 4) is 11.4 Å². The zero-order chi connectivity index (χ0) is 16.5. The van der Waals surface area contributed by atoms with E-state index in [-0.39, 0.29) is 6.03 Å². The lowest BCUT2D eigenvalue weighted by Gasteiger charge is -2.28. The highest BCUT2D eigenvalue weighted by molar-refractivity contribution is 5.75. The molecule has 0 unspecified atom stereocenters. The average molecular weight is 329 g/mol. The van der Waals surface area contributed by atoms with Gasteiger partial charge in [0.15, 0.2) is 6.39 Å². The van der Waals surface area contributed by atoms with Gasteiger partial charge in [0.1, 0.15) is 17.7 Å². The molecule has 2 amide bonds. The normalized spacial score (nSPS) is 17.0. The molecule has 1 aliphatic carbocycles. The number of nitrogens with zero attached hydrogens (tertiary/aromatic N) is 4. The molecule has 0 saturated heterocycles. The van der Waals surface area contributed by atoms with E-state index < -0.39 is 0 Å². The molecule has 2 aliphatic rings. The van der Waals surface area contributed by atoms with E-state index in [4.69, 9.17) is 9.52 Å². The second kappa shape index (κ2) is 6.30. The zero-order valence-electron chi connectivity index (χ0n) is 14.0. The van der Waals surface area contributed by atoms with Crippen LogP contribution in [0.5, 0.6) is 0 Å². The van der Waals surface area contributed by atoms with Crippen LogP contribution in [0, 0.1) is 5.92 Å². The molecule has 0 aromatic carbocycles. The van der Waals surface area contributed by atoms with Gasteiger partial charge < -0.3 is 14.6 Å². The molecule has 2 aromatic rings. The molecule has 4 rings (SSSR count). The molecule has 1 fully saturated rings. The Morgan fingerprint density at radius 1 is 1.46 bits per heavy atom. The van der Waals surface area contributed by atoms with Crippen LogP contribution in [0.3, 0.4) is 0 Å². The molecule has 3 heterocycles. The summed E-state index contributed by atoms with van der Waals surface area (Å²) < 4.78 is 7.27. The Labute approximate surface area is 141 Å². The topological polar surface area (TPSA) is 76.2 Å². The van der Waals surface area contributed by atoms with Gasteiger partial charge in [0.05, 0.1) is 6.54 Å². The highest BCUT2D eigenvalue weighted by atomic mass is 16.3. The van der Waals surface area contributed by atoms with Crippen LogP contribution in [0.1, 0.15) is 37.4 Å². The van der Waals surface area contributed by atoms with Crippen molar-refractivity contribution in [1.82, 2.24) is 25.0 Å². The van der Waals surface area contributed by atoms with Gasteiger partial charge in [-0.15, -0.1) is 0 Å². The smallest absolute Gasteiger partial charge is 0.317 e. The molecule has 0 atom stereocenters. The number of nitrogens with one attached hydrogen (secondary N) is 1. The molecule has 7 heteroatoms. The summed E-state index contributed by atoms with van der Waals surface area (Å²) in [5.74, 6) is 0.755. The first-order valence-electron chi connectivity index (χ1n) is 8.76. The maximum absolute atomic E-state index is 12.3. The number of carbonyl (C=O) groups is 1. The van der Waals surface area contributed by atoms with Gasteiger partial charge in [0.25, 0.3) is 0 Å². The summed E-state index contributed by atoms with van der Waals surface area (Å²) >= 11 is 0. The second-order valence-corrected chi connectivity index (χ2v) is 6.68. The van der Waals surface area contributed by atoms with Crippen molar-refractivity contribution in [2.45, 2.75) is 45.7 Å². The number of aromatic nitrogens is 3. The number of amides is 2. The van der Waals surface area contributed by atoms with Crippen molar-refractivity contribution in [3.63, 3.8) is 0 Å². The van der Waals surface area contributed by atoms with E-state index in [1.807, 2.05) is 4.90 Å². The van der Waals surface area contributed by atoms with Crippen molar-refractivity contribution < 1.29 is 9.21 Å². The lowest BCUT2D eigenvalue weighted by Crippen LogP contribution is -2.43. The molecule has 128 valence electrons. The van der Waals surface area contributed by atoms with E-state index in [0.29, 0.717) is 13.1 Å². The molecule has 1 N–H and O–H groups in total. The Balaban J connectivity index is 1.62. The van der Waals surface area contributed by atoms with Crippen LogP contribution in [-0.2, 0) is 19.5 Å². The van der Waals surface area contributed by atoms with Gasteiger partial charge in [0, 0.05) is 37.3 Å². The fraction of sp³-hybridized carbons (Fsp3) is 0.588. The first-order chi connectivity index (χ1) is 11.8. The first kappa shape index (κ1) is 15.2. The molecule has 0 bridgehead atoms. The number of hydrogen-bond acceptors (Lipinski definition) is 4. The van der Waals surface area contributed by atoms with Crippen LogP contribution in [0.25, 0.3) is 11.4 Å². The molecule has 24 heavy (non-hydrogen) atoms. The number of urea groups is 1. The summed E-state index contributed by atoms with van der Waals surface area (Å²) in [6, 6.07) is 0.00328. The Hall–Kier alpha value is -2.31. The maximum atomic E-state index is 12.3. The maximum Gasteiger partial charge on any atom is 0.317 e. The van der Waals surface area contributed by atoms with Gasteiger partial charge in [-0.2, -0.15) is 5.10 Å². The highest BCUT2D eigenvalue weighted by Crippen LogP contribution is 2.34. The van der Waals surface area contributed by atoms with Crippen molar-refractivity contribution >= 4 is 6.03 Å². The van der Waals surface area contributed by atoms with Crippen molar-refractivity contribution in [3.05, 3.63) is 23.9 Å². The Kier molecular flexibility index (Phi) is 4.00. The summed E-state index contributed by atoms with van der Waals surface area (Å²) in [7, 11) is 0. The summed E-state index contributed by atoms with van der Waals surface area (Å²) in [4.78, 5) is 18.4. The Morgan fingerprint density at radius 3 is 3.04 bits per heavy atom. The van der Waals surface area contributed by atoms with Gasteiger partial charge in [-0.05, 0) is 25.2 Å². The summed E-state index contributed by atoms with van der Waals surface area (Å²) in [5, 5.41) is 7.77. The molecule has 1 saturated carbocycles. The SMILES string of the molecule is CCCNC(=O)N1CCc2c(c(-c3cocn3)nn2CC2CC2)C1. The quantitative estimate of drug-likeness (QED) is 0.914. The fourth-order valence-electron chi connectivity index (χ4n) is 3.24. The Bertz CT molecular complexity index is 718. The van der Waals surface area contributed by atoms with E-state index >= 15 is 0 Å². The van der Waals surface area contributed by atoms with Crippen molar-refractivity contribution in [2.75, 3.05) is 13.1 Å². The lowest BCUT2D eigenvalue weighted by atomic mass is 10.0. The lowest BCUT2D eigenvalue weighted by molar-refractivity contribution is 0.192. The van der Waals surface area contributed by atoms with Crippen LogP contribution >= 0.6 is 0 Å². The monoisotopic (exact) mass is 329 g/mol. The number of rotatable bonds is 5. The minimum atomic E-state index is 0.00328. The van der Waals surface area contributed by atoms with Gasteiger partial charge in [0.2, 0.25) is 0 Å². The van der Waals surface area contributed by atoms with E-state index in [1.165, 1.54) is 24.9 Å². The van der Waals surface area contributed by atoms with Crippen LogP contribution in [0.15, 0.2) is 17.1 Å². The second-order valence-electron chi connectivity index (χ2n) is 6.68. The molecular formula is C17H23N5O2. The molecule has 7 nitrogen and oxygen atoms in total. The third-order valence-corrected chi connectivity index (χ3v) is 4.75. The standard InChI is InChI=1S/C17H23N5O2/c1-2-6-18-17(23)21-7-5-15-13(9-21)16(14-10-24-11-19-14)20-22(15)8-12-3-4-12/h10-12H,2-9H2,1H3,(H,18,23). The number of hydrogen-bond donors (Lipinski definition) is 1. The first-order valence-corrected chi connectivity index (χ1v) is 8.76. The third kappa shape index (κ3) is 2.90. The minimum absolute atomic E-state index is 0.00328. The fourth-order valence-corrected chi connectivity index (χ4v) is 3.24. The van der Waals surface area contributed by atoms with Crippen molar-refractivity contribution in [1.29, 1.82) is 0 Å². The number of carbonyl (C=O) groups excluding carboxylic acids is 1. The van der Waals surface area contributed by atoms with Crippen LogP contribution in [-0.4, -0.2) is 38.8 Å². The van der Waals surface area contributed by atoms with Crippen LogP contribution < -0.4 is 5.32 Å². The predicted molar refractivity (Wildman–Crippen MR) is 88.3 cm³/mol. The number of oxazole rings is 1. The van der Waals surface area contributed by atoms with E-state index in [2.05, 4.69) is 21.9 Å². The molecule has 2 aromatic heterocycles. The summed E-state index contributed by atoms with van der Waals surface area (Å²) in [5.41, 5.74) is 3.96. The van der Waals surface area contributed by atoms with E-state index in [0.717, 1.165) is 48.8 Å². The van der Waals surface area contributed by atoms with Gasteiger partial charge in [-0.3, -0.25) is 4.68 Å². The molecular weight excluding hydrogens is 306 g/mol. The van der Waals surface area contributed by atoms with E-state index in [1.54, 1.807) is 6.26 Å². The summed E-state index contributed by atoms with van der Waals surface area (Å²) in [6.07, 6.45) is 7.41. The molecule has 1 aliphatic heterocycles. The molecule has 0 radical (unpaired) electrons. The zero-order valence-corrected chi connectivity index (χ0v) is 14.0. The number of fused-ring (bicyclic) bond motifs is 1. The Morgan fingerprint density at radius 2 is 2.33 bits per heavy atom. The summed E-state index contributed by atoms with van der Waals surface area (Å²) in [6.45, 7) is 5.05. The highest BCUT2D eigenvalue weighted by Gasteiger charge is 2.31. The largest absolute Gasteiger partial charge is 0.451 e. The molecule has 0 spiro atoms.